The van der Waals surface area contributed by atoms with Crippen molar-refractivity contribution in [2.45, 2.75) is 23.8 Å². The van der Waals surface area contributed by atoms with Gasteiger partial charge in [0.1, 0.15) is 4.90 Å². The Labute approximate surface area is 129 Å². The van der Waals surface area contributed by atoms with Crippen molar-refractivity contribution < 1.29 is 8.42 Å². The van der Waals surface area contributed by atoms with Crippen LogP contribution in [0.2, 0.25) is 0 Å². The molecule has 1 aliphatic heterocycles. The van der Waals surface area contributed by atoms with E-state index in [1.165, 1.54) is 17.1 Å². The SMILES string of the molecule is Cn1cc(S(=O)(=O)NC2CCN(c3nccn3C)CC2)cn1. The van der Waals surface area contributed by atoms with Crippen molar-refractivity contribution in [2.75, 3.05) is 18.0 Å². The summed E-state index contributed by atoms with van der Waals surface area (Å²) >= 11 is 0. The molecular weight excluding hydrogens is 304 g/mol. The fourth-order valence-corrected chi connectivity index (χ4v) is 3.97. The van der Waals surface area contributed by atoms with E-state index < -0.39 is 10.0 Å². The second kappa shape index (κ2) is 5.73. The van der Waals surface area contributed by atoms with E-state index in [-0.39, 0.29) is 10.9 Å². The van der Waals surface area contributed by atoms with Crippen molar-refractivity contribution in [3.05, 3.63) is 24.8 Å². The summed E-state index contributed by atoms with van der Waals surface area (Å²) in [5.74, 6) is 0.925. The molecule has 0 aliphatic carbocycles. The van der Waals surface area contributed by atoms with Crippen LogP contribution in [0.4, 0.5) is 5.95 Å². The lowest BCUT2D eigenvalue weighted by molar-refractivity contribution is 0.454. The summed E-state index contributed by atoms with van der Waals surface area (Å²) in [5, 5.41) is 3.91. The zero-order valence-electron chi connectivity index (χ0n) is 12.7. The van der Waals surface area contributed by atoms with Crippen molar-refractivity contribution in [2.24, 2.45) is 14.1 Å². The number of nitrogens with zero attached hydrogens (tertiary/aromatic N) is 5. The van der Waals surface area contributed by atoms with Gasteiger partial charge in [-0.3, -0.25) is 4.68 Å². The molecule has 2 aromatic rings. The zero-order chi connectivity index (χ0) is 15.7. The molecule has 2 aromatic heterocycles. The summed E-state index contributed by atoms with van der Waals surface area (Å²) < 4.78 is 30.8. The normalized spacial score (nSPS) is 17.1. The molecule has 1 aliphatic rings. The number of hydrogen-bond acceptors (Lipinski definition) is 5. The van der Waals surface area contributed by atoms with Gasteiger partial charge in [0.15, 0.2) is 0 Å². The lowest BCUT2D eigenvalue weighted by Gasteiger charge is -2.32. The van der Waals surface area contributed by atoms with Crippen LogP contribution in [0.15, 0.2) is 29.7 Å². The second-order valence-corrected chi connectivity index (χ2v) is 7.28. The van der Waals surface area contributed by atoms with E-state index in [1.807, 2.05) is 17.8 Å². The van der Waals surface area contributed by atoms with Gasteiger partial charge in [-0.1, -0.05) is 0 Å². The fraction of sp³-hybridized carbons (Fsp3) is 0.538. The number of piperidine rings is 1. The second-order valence-electron chi connectivity index (χ2n) is 5.57. The van der Waals surface area contributed by atoms with E-state index in [2.05, 4.69) is 19.7 Å². The molecule has 0 bridgehead atoms. The first-order chi connectivity index (χ1) is 10.5. The molecule has 3 rings (SSSR count). The minimum atomic E-state index is -3.49. The van der Waals surface area contributed by atoms with Gasteiger partial charge in [0.25, 0.3) is 0 Å². The first-order valence-electron chi connectivity index (χ1n) is 7.19. The average Bonchev–Trinajstić information content (AvgIpc) is 3.08. The molecule has 8 nitrogen and oxygen atoms in total. The van der Waals surface area contributed by atoms with E-state index in [1.54, 1.807) is 13.2 Å². The summed E-state index contributed by atoms with van der Waals surface area (Å²) in [5.41, 5.74) is 0. The van der Waals surface area contributed by atoms with Crippen LogP contribution in [0.5, 0.6) is 0 Å². The number of aryl methyl sites for hydroxylation is 2. The molecule has 0 radical (unpaired) electrons. The van der Waals surface area contributed by atoms with Crippen molar-refractivity contribution in [1.82, 2.24) is 24.1 Å². The Hall–Kier alpha value is -1.87. The molecule has 1 saturated heterocycles. The molecule has 1 fully saturated rings. The number of sulfonamides is 1. The largest absolute Gasteiger partial charge is 0.342 e. The molecule has 0 atom stereocenters. The van der Waals surface area contributed by atoms with Crippen LogP contribution in [0.3, 0.4) is 0 Å². The van der Waals surface area contributed by atoms with E-state index in [9.17, 15) is 8.42 Å². The first kappa shape index (κ1) is 15.0. The molecule has 0 amide bonds. The van der Waals surface area contributed by atoms with Gasteiger partial charge >= 0.3 is 0 Å². The zero-order valence-corrected chi connectivity index (χ0v) is 13.5. The molecule has 9 heteroatoms. The Morgan fingerprint density at radius 3 is 2.55 bits per heavy atom. The summed E-state index contributed by atoms with van der Waals surface area (Å²) in [4.78, 5) is 6.71. The summed E-state index contributed by atoms with van der Waals surface area (Å²) in [6.45, 7) is 1.57. The molecule has 3 heterocycles. The molecule has 120 valence electrons. The number of aromatic nitrogens is 4. The van der Waals surface area contributed by atoms with E-state index in [0.29, 0.717) is 0 Å². The number of anilines is 1. The smallest absolute Gasteiger partial charge is 0.243 e. The Morgan fingerprint density at radius 2 is 2.00 bits per heavy atom. The van der Waals surface area contributed by atoms with Gasteiger partial charge in [-0.15, -0.1) is 0 Å². The third kappa shape index (κ3) is 3.00. The predicted molar refractivity (Wildman–Crippen MR) is 82.0 cm³/mol. The monoisotopic (exact) mass is 324 g/mol. The Bertz CT molecular complexity index is 742. The summed E-state index contributed by atoms with van der Waals surface area (Å²) in [7, 11) is 0.165. The van der Waals surface area contributed by atoms with Crippen LogP contribution < -0.4 is 9.62 Å². The van der Waals surface area contributed by atoms with Crippen molar-refractivity contribution in [3.63, 3.8) is 0 Å². The van der Waals surface area contributed by atoms with Gasteiger partial charge in [-0.25, -0.2) is 18.1 Å². The third-order valence-electron chi connectivity index (χ3n) is 3.89. The number of hydrogen-bond donors (Lipinski definition) is 1. The van der Waals surface area contributed by atoms with Crippen molar-refractivity contribution >= 4 is 16.0 Å². The molecule has 22 heavy (non-hydrogen) atoms. The van der Waals surface area contributed by atoms with Crippen LogP contribution in [0.1, 0.15) is 12.8 Å². The van der Waals surface area contributed by atoms with Gasteiger partial charge in [0.2, 0.25) is 16.0 Å². The van der Waals surface area contributed by atoms with Crippen LogP contribution >= 0.6 is 0 Å². The fourth-order valence-electron chi connectivity index (χ4n) is 2.68. The van der Waals surface area contributed by atoms with Crippen LogP contribution in [-0.4, -0.2) is 46.9 Å². The maximum atomic E-state index is 12.3. The van der Waals surface area contributed by atoms with E-state index in [0.717, 1.165) is 31.9 Å². The van der Waals surface area contributed by atoms with Crippen molar-refractivity contribution in [3.8, 4) is 0 Å². The maximum Gasteiger partial charge on any atom is 0.243 e. The highest BCUT2D eigenvalue weighted by molar-refractivity contribution is 7.89. The minimum Gasteiger partial charge on any atom is -0.342 e. The lowest BCUT2D eigenvalue weighted by atomic mass is 10.1. The third-order valence-corrected chi connectivity index (χ3v) is 5.36. The van der Waals surface area contributed by atoms with E-state index >= 15 is 0 Å². The van der Waals surface area contributed by atoms with Gasteiger partial charge in [0, 0.05) is 51.8 Å². The average molecular weight is 324 g/mol. The van der Waals surface area contributed by atoms with E-state index in [4.69, 9.17) is 0 Å². The highest BCUT2D eigenvalue weighted by Gasteiger charge is 2.26. The quantitative estimate of drug-likeness (QED) is 0.862. The molecule has 0 unspecified atom stereocenters. The standard InChI is InChI=1S/C13H20N6O2S/c1-17-8-5-14-13(17)19-6-3-11(4-7-19)16-22(20,21)12-9-15-18(2)10-12/h5,8-11,16H,3-4,6-7H2,1-2H3. The molecule has 0 aromatic carbocycles. The Kier molecular flexibility index (Phi) is 3.92. The summed E-state index contributed by atoms with van der Waals surface area (Å²) in [6.07, 6.45) is 8.06. The summed E-state index contributed by atoms with van der Waals surface area (Å²) in [6, 6.07) is -0.0540. The predicted octanol–water partition coefficient (Wildman–Crippen LogP) is 0.101. The van der Waals surface area contributed by atoms with Gasteiger partial charge in [-0.05, 0) is 12.8 Å². The number of nitrogens with one attached hydrogen (secondary N) is 1. The van der Waals surface area contributed by atoms with Gasteiger partial charge in [-0.2, -0.15) is 5.10 Å². The number of imidazole rings is 1. The van der Waals surface area contributed by atoms with Crippen molar-refractivity contribution in [1.29, 1.82) is 0 Å². The maximum absolute atomic E-state index is 12.3. The van der Waals surface area contributed by atoms with Gasteiger partial charge in [0.05, 0.1) is 6.20 Å². The van der Waals surface area contributed by atoms with Gasteiger partial charge < -0.3 is 9.47 Å². The number of rotatable bonds is 4. The van der Waals surface area contributed by atoms with Crippen LogP contribution in [0.25, 0.3) is 0 Å². The molecule has 0 saturated carbocycles. The topological polar surface area (TPSA) is 85.0 Å². The Morgan fingerprint density at radius 1 is 1.27 bits per heavy atom. The first-order valence-corrected chi connectivity index (χ1v) is 8.67. The Balaban J connectivity index is 1.61. The molecular formula is C13H20N6O2S. The highest BCUT2D eigenvalue weighted by atomic mass is 32.2. The van der Waals surface area contributed by atoms with Crippen LogP contribution in [-0.2, 0) is 24.1 Å². The molecule has 0 spiro atoms. The molecule has 1 N–H and O–H groups in total. The lowest BCUT2D eigenvalue weighted by Crippen LogP contribution is -2.45. The van der Waals surface area contributed by atoms with Crippen LogP contribution in [0, 0.1) is 0 Å². The highest BCUT2D eigenvalue weighted by Crippen LogP contribution is 2.19. The minimum absolute atomic E-state index is 0.0540.